The number of aryl methyl sites for hydroxylation is 1. The number of hydrogen-bond donors (Lipinski definition) is 2. The zero-order chi connectivity index (χ0) is 9.26. The number of nitrogens with two attached hydrogens (primary N) is 1. The third kappa shape index (κ3) is 1.31. The minimum Gasteiger partial charge on any atom is -0.357 e. The largest absolute Gasteiger partial charge is 0.357 e. The molecule has 0 saturated carbocycles. The summed E-state index contributed by atoms with van der Waals surface area (Å²) in [7, 11) is 0. The van der Waals surface area contributed by atoms with Crippen LogP contribution in [0, 0.1) is 6.92 Å². The van der Waals surface area contributed by atoms with Crippen molar-refractivity contribution in [3.8, 4) is 0 Å². The lowest BCUT2D eigenvalue weighted by atomic mass is 10.1. The van der Waals surface area contributed by atoms with Gasteiger partial charge in [-0.3, -0.25) is 4.98 Å². The van der Waals surface area contributed by atoms with Crippen molar-refractivity contribution < 1.29 is 0 Å². The predicted molar refractivity (Wildman–Crippen MR) is 53.6 cm³/mol. The van der Waals surface area contributed by atoms with Crippen LogP contribution in [0.1, 0.15) is 11.3 Å². The van der Waals surface area contributed by atoms with Crippen LogP contribution in [-0.4, -0.2) is 16.5 Å². The van der Waals surface area contributed by atoms with Crippen molar-refractivity contribution in [3.05, 3.63) is 29.6 Å². The lowest BCUT2D eigenvalue weighted by molar-refractivity contribution is 0.960. The second kappa shape index (κ2) is 3.18. The van der Waals surface area contributed by atoms with Crippen LogP contribution >= 0.6 is 0 Å². The molecular formula is C10H13N3. The van der Waals surface area contributed by atoms with E-state index in [1.54, 1.807) is 0 Å². The summed E-state index contributed by atoms with van der Waals surface area (Å²) >= 11 is 0. The maximum atomic E-state index is 5.54. The number of pyridine rings is 1. The zero-order valence-corrected chi connectivity index (χ0v) is 7.67. The number of nitrogens with zero attached hydrogens (tertiary/aromatic N) is 1. The van der Waals surface area contributed by atoms with Gasteiger partial charge in [-0.15, -0.1) is 0 Å². The number of aromatic amines is 1. The van der Waals surface area contributed by atoms with Crippen molar-refractivity contribution in [2.75, 3.05) is 6.54 Å². The van der Waals surface area contributed by atoms with Crippen LogP contribution in [0.4, 0.5) is 0 Å². The Morgan fingerprint density at radius 1 is 1.54 bits per heavy atom. The molecule has 3 heteroatoms. The number of aromatic nitrogens is 2. The van der Waals surface area contributed by atoms with Crippen LogP contribution in [0.15, 0.2) is 18.3 Å². The Hall–Kier alpha value is -1.35. The highest BCUT2D eigenvalue weighted by molar-refractivity contribution is 5.80. The van der Waals surface area contributed by atoms with E-state index in [0.29, 0.717) is 6.54 Å². The van der Waals surface area contributed by atoms with Crippen LogP contribution in [0.25, 0.3) is 11.0 Å². The topological polar surface area (TPSA) is 54.7 Å². The molecule has 0 atom stereocenters. The molecule has 0 radical (unpaired) electrons. The van der Waals surface area contributed by atoms with E-state index in [9.17, 15) is 0 Å². The van der Waals surface area contributed by atoms with E-state index in [1.165, 1.54) is 11.3 Å². The molecule has 2 aromatic rings. The summed E-state index contributed by atoms with van der Waals surface area (Å²) in [6, 6.07) is 3.97. The maximum Gasteiger partial charge on any atom is 0.0913 e. The molecule has 0 saturated heterocycles. The van der Waals surface area contributed by atoms with E-state index in [4.69, 9.17) is 5.73 Å². The molecule has 0 aliphatic carbocycles. The summed E-state index contributed by atoms with van der Waals surface area (Å²) in [5.41, 5.74) is 10.1. The van der Waals surface area contributed by atoms with E-state index in [-0.39, 0.29) is 0 Å². The van der Waals surface area contributed by atoms with Gasteiger partial charge in [0.15, 0.2) is 0 Å². The first kappa shape index (κ1) is 8.26. The number of hydrogen-bond acceptors (Lipinski definition) is 2. The van der Waals surface area contributed by atoms with Crippen LogP contribution in [-0.2, 0) is 6.42 Å². The van der Waals surface area contributed by atoms with Gasteiger partial charge < -0.3 is 10.7 Å². The molecule has 0 aliphatic rings. The highest BCUT2D eigenvalue weighted by Gasteiger charge is 2.07. The fourth-order valence-electron chi connectivity index (χ4n) is 1.65. The minimum atomic E-state index is 0.671. The first-order valence-electron chi connectivity index (χ1n) is 4.45. The Morgan fingerprint density at radius 3 is 3.15 bits per heavy atom. The van der Waals surface area contributed by atoms with Crippen molar-refractivity contribution >= 4 is 11.0 Å². The summed E-state index contributed by atoms with van der Waals surface area (Å²) < 4.78 is 0. The van der Waals surface area contributed by atoms with Gasteiger partial charge in [0.2, 0.25) is 0 Å². The molecule has 0 aliphatic heterocycles. The van der Waals surface area contributed by atoms with Crippen molar-refractivity contribution in [2.45, 2.75) is 13.3 Å². The summed E-state index contributed by atoms with van der Waals surface area (Å²) in [6.45, 7) is 2.73. The highest BCUT2D eigenvalue weighted by Crippen LogP contribution is 2.19. The standard InChI is InChI=1S/C10H13N3/c1-7-8(4-5-11)10-9(13-7)3-2-6-12-10/h2-3,6,13H,4-5,11H2,1H3. The Labute approximate surface area is 77.0 Å². The second-order valence-corrected chi connectivity index (χ2v) is 3.17. The minimum absolute atomic E-state index is 0.671. The average Bonchev–Trinajstić information content (AvgIpc) is 2.44. The Balaban J connectivity index is 2.64. The van der Waals surface area contributed by atoms with Gasteiger partial charge in [-0.05, 0) is 32.0 Å². The molecule has 0 fully saturated rings. The summed E-state index contributed by atoms with van der Waals surface area (Å²) in [5, 5.41) is 0. The molecule has 2 heterocycles. The quantitative estimate of drug-likeness (QED) is 0.724. The molecule has 13 heavy (non-hydrogen) atoms. The van der Waals surface area contributed by atoms with Gasteiger partial charge in [0.1, 0.15) is 0 Å². The molecule has 0 bridgehead atoms. The van der Waals surface area contributed by atoms with E-state index in [2.05, 4.69) is 16.9 Å². The average molecular weight is 175 g/mol. The van der Waals surface area contributed by atoms with Crippen molar-refractivity contribution in [1.82, 2.24) is 9.97 Å². The van der Waals surface area contributed by atoms with Gasteiger partial charge >= 0.3 is 0 Å². The van der Waals surface area contributed by atoms with Crippen molar-refractivity contribution in [2.24, 2.45) is 5.73 Å². The fourth-order valence-corrected chi connectivity index (χ4v) is 1.65. The molecular weight excluding hydrogens is 162 g/mol. The second-order valence-electron chi connectivity index (χ2n) is 3.17. The first-order chi connectivity index (χ1) is 6.33. The van der Waals surface area contributed by atoms with Crippen molar-refractivity contribution in [1.29, 1.82) is 0 Å². The molecule has 0 spiro atoms. The number of fused-ring (bicyclic) bond motifs is 1. The highest BCUT2D eigenvalue weighted by atomic mass is 14.8. The number of H-pyrrole nitrogens is 1. The molecule has 3 nitrogen and oxygen atoms in total. The molecule has 0 unspecified atom stereocenters. The number of nitrogens with one attached hydrogen (secondary N) is 1. The molecule has 2 aromatic heterocycles. The van der Waals surface area contributed by atoms with Gasteiger partial charge in [0.25, 0.3) is 0 Å². The molecule has 3 N–H and O–H groups in total. The van der Waals surface area contributed by atoms with Crippen LogP contribution in [0.2, 0.25) is 0 Å². The molecule has 2 rings (SSSR count). The van der Waals surface area contributed by atoms with Crippen LogP contribution in [0.5, 0.6) is 0 Å². The Bertz CT molecular complexity index is 417. The summed E-state index contributed by atoms with van der Waals surface area (Å²) in [5.74, 6) is 0. The fraction of sp³-hybridized carbons (Fsp3) is 0.300. The van der Waals surface area contributed by atoms with Gasteiger partial charge in [-0.2, -0.15) is 0 Å². The van der Waals surface area contributed by atoms with Gasteiger partial charge in [0.05, 0.1) is 11.0 Å². The van der Waals surface area contributed by atoms with E-state index >= 15 is 0 Å². The van der Waals surface area contributed by atoms with E-state index < -0.39 is 0 Å². The van der Waals surface area contributed by atoms with E-state index in [0.717, 1.165) is 17.5 Å². The molecule has 0 aromatic carbocycles. The third-order valence-electron chi connectivity index (χ3n) is 2.26. The summed E-state index contributed by atoms with van der Waals surface area (Å²) in [6.07, 6.45) is 2.71. The Morgan fingerprint density at radius 2 is 2.38 bits per heavy atom. The maximum absolute atomic E-state index is 5.54. The molecule has 0 amide bonds. The van der Waals surface area contributed by atoms with Crippen molar-refractivity contribution in [3.63, 3.8) is 0 Å². The monoisotopic (exact) mass is 175 g/mol. The normalized spacial score (nSPS) is 10.9. The lowest BCUT2D eigenvalue weighted by Gasteiger charge is -1.96. The first-order valence-corrected chi connectivity index (χ1v) is 4.45. The zero-order valence-electron chi connectivity index (χ0n) is 7.67. The summed E-state index contributed by atoms with van der Waals surface area (Å²) in [4.78, 5) is 7.63. The van der Waals surface area contributed by atoms with Gasteiger partial charge in [-0.1, -0.05) is 0 Å². The third-order valence-corrected chi connectivity index (χ3v) is 2.26. The van der Waals surface area contributed by atoms with E-state index in [1.807, 2.05) is 18.3 Å². The van der Waals surface area contributed by atoms with Gasteiger partial charge in [-0.25, -0.2) is 0 Å². The van der Waals surface area contributed by atoms with Gasteiger partial charge in [0, 0.05) is 17.5 Å². The Kier molecular flexibility index (Phi) is 2.02. The predicted octanol–water partition coefficient (Wildman–Crippen LogP) is 1.37. The number of rotatable bonds is 2. The smallest absolute Gasteiger partial charge is 0.0913 e. The van der Waals surface area contributed by atoms with Crippen LogP contribution in [0.3, 0.4) is 0 Å². The lowest BCUT2D eigenvalue weighted by Crippen LogP contribution is -2.03. The SMILES string of the molecule is Cc1[nH]c2cccnc2c1CCN. The van der Waals surface area contributed by atoms with Crippen LogP contribution < -0.4 is 5.73 Å². The molecule has 68 valence electrons.